The van der Waals surface area contributed by atoms with Crippen LogP contribution >= 0.6 is 22.7 Å². The van der Waals surface area contributed by atoms with E-state index in [2.05, 4.69) is 37.6 Å². The number of thiophene rings is 1. The maximum atomic E-state index is 5.99. The number of aromatic nitrogens is 1. The Morgan fingerprint density at radius 2 is 2.12 bits per heavy atom. The molecule has 2 heterocycles. The molecule has 0 spiro atoms. The van der Waals surface area contributed by atoms with Crippen LogP contribution in [0.2, 0.25) is 0 Å². The van der Waals surface area contributed by atoms with Gasteiger partial charge in [-0.2, -0.15) is 0 Å². The summed E-state index contributed by atoms with van der Waals surface area (Å²) in [6.07, 6.45) is 1.95. The van der Waals surface area contributed by atoms with Gasteiger partial charge in [0.25, 0.3) is 0 Å². The monoisotopic (exact) mass is 266 g/mol. The van der Waals surface area contributed by atoms with E-state index in [0.29, 0.717) is 0 Å². The molecule has 0 aromatic carbocycles. The lowest BCUT2D eigenvalue weighted by Crippen LogP contribution is -2.32. The summed E-state index contributed by atoms with van der Waals surface area (Å²) in [4.78, 5) is 5.98. The van der Waals surface area contributed by atoms with E-state index < -0.39 is 0 Å². The molecule has 4 heteroatoms. The summed E-state index contributed by atoms with van der Waals surface area (Å²) in [5.74, 6) is 0. The van der Waals surface area contributed by atoms with E-state index in [9.17, 15) is 0 Å². The maximum Gasteiger partial charge on any atom is 0.0933 e. The molecule has 0 bridgehead atoms. The molecule has 0 saturated carbocycles. The van der Waals surface area contributed by atoms with E-state index in [0.717, 1.165) is 18.5 Å². The molecule has 0 amide bonds. The lowest BCUT2D eigenvalue weighted by atomic mass is 10.0. The summed E-state index contributed by atoms with van der Waals surface area (Å²) in [7, 11) is 0. The van der Waals surface area contributed by atoms with Gasteiger partial charge in [-0.25, -0.2) is 4.98 Å². The van der Waals surface area contributed by atoms with Crippen molar-refractivity contribution in [3.63, 3.8) is 0 Å². The summed E-state index contributed by atoms with van der Waals surface area (Å²) in [6.45, 7) is 6.25. The Bertz CT molecular complexity index is 491. The molecular formula is C13H18N2S2. The fraction of sp³-hybridized carbons (Fsp3) is 0.462. The molecule has 2 N–H and O–H groups in total. The van der Waals surface area contributed by atoms with Gasteiger partial charge in [-0.15, -0.1) is 22.7 Å². The highest BCUT2D eigenvalue weighted by Gasteiger charge is 2.13. The minimum absolute atomic E-state index is 0.106. The van der Waals surface area contributed by atoms with Crippen molar-refractivity contribution in [2.45, 2.75) is 39.2 Å². The Morgan fingerprint density at radius 1 is 1.35 bits per heavy atom. The van der Waals surface area contributed by atoms with Crippen molar-refractivity contribution in [3.05, 3.63) is 27.4 Å². The van der Waals surface area contributed by atoms with E-state index in [1.54, 1.807) is 22.7 Å². The summed E-state index contributed by atoms with van der Waals surface area (Å²) in [6, 6.07) is 2.14. The van der Waals surface area contributed by atoms with E-state index >= 15 is 0 Å². The molecular weight excluding hydrogens is 248 g/mol. The largest absolute Gasteiger partial charge is 0.326 e. The van der Waals surface area contributed by atoms with Crippen molar-refractivity contribution >= 4 is 22.7 Å². The van der Waals surface area contributed by atoms with Gasteiger partial charge in [-0.3, -0.25) is 0 Å². The Labute approximate surface area is 111 Å². The molecule has 0 aliphatic heterocycles. The first-order valence-corrected chi connectivity index (χ1v) is 7.49. The fourth-order valence-corrected chi connectivity index (χ4v) is 3.35. The average molecular weight is 266 g/mol. The van der Waals surface area contributed by atoms with E-state index in [-0.39, 0.29) is 5.54 Å². The molecule has 0 saturated heterocycles. The normalized spacial score (nSPS) is 12.0. The fourth-order valence-electron chi connectivity index (χ4n) is 1.59. The number of thiazole rings is 1. The predicted octanol–water partition coefficient (Wildman–Crippen LogP) is 3.85. The van der Waals surface area contributed by atoms with Gasteiger partial charge in [0.15, 0.2) is 0 Å². The predicted molar refractivity (Wildman–Crippen MR) is 76.8 cm³/mol. The van der Waals surface area contributed by atoms with Gasteiger partial charge in [0.1, 0.15) is 0 Å². The van der Waals surface area contributed by atoms with Crippen molar-refractivity contribution in [3.8, 4) is 10.6 Å². The molecule has 0 atom stereocenters. The van der Waals surface area contributed by atoms with Crippen LogP contribution in [0, 0.1) is 6.92 Å². The lowest BCUT2D eigenvalue weighted by Gasteiger charge is -2.16. The number of nitrogens with two attached hydrogens (primary N) is 1. The highest BCUT2D eigenvalue weighted by atomic mass is 32.1. The third-order valence-electron chi connectivity index (χ3n) is 2.63. The van der Waals surface area contributed by atoms with Gasteiger partial charge in [-0.05, 0) is 44.2 Å². The van der Waals surface area contributed by atoms with E-state index in [1.807, 2.05) is 0 Å². The number of rotatable bonds is 4. The van der Waals surface area contributed by atoms with Crippen molar-refractivity contribution in [1.82, 2.24) is 4.98 Å². The third kappa shape index (κ3) is 3.37. The van der Waals surface area contributed by atoms with Gasteiger partial charge in [0.05, 0.1) is 15.6 Å². The Hall–Kier alpha value is -0.710. The minimum atomic E-state index is -0.106. The van der Waals surface area contributed by atoms with E-state index in [4.69, 9.17) is 10.7 Å². The highest BCUT2D eigenvalue weighted by molar-refractivity contribution is 7.14. The quantitative estimate of drug-likeness (QED) is 0.913. The number of hydrogen-bond donors (Lipinski definition) is 1. The van der Waals surface area contributed by atoms with Crippen LogP contribution in [-0.4, -0.2) is 10.5 Å². The Kier molecular flexibility index (Phi) is 3.66. The van der Waals surface area contributed by atoms with E-state index in [1.165, 1.54) is 15.4 Å². The highest BCUT2D eigenvalue weighted by Crippen LogP contribution is 2.30. The SMILES string of the molecule is Cc1ccsc1-c1csc(CCC(C)(C)N)n1. The zero-order valence-corrected chi connectivity index (χ0v) is 12.1. The van der Waals surface area contributed by atoms with Gasteiger partial charge in [-0.1, -0.05) is 0 Å². The zero-order valence-electron chi connectivity index (χ0n) is 10.5. The van der Waals surface area contributed by atoms with Crippen LogP contribution in [0.25, 0.3) is 10.6 Å². The molecule has 0 radical (unpaired) electrons. The first-order chi connectivity index (χ1) is 7.96. The minimum Gasteiger partial charge on any atom is -0.326 e. The molecule has 17 heavy (non-hydrogen) atoms. The number of hydrogen-bond acceptors (Lipinski definition) is 4. The number of nitrogens with zero attached hydrogens (tertiary/aromatic N) is 1. The van der Waals surface area contributed by atoms with Crippen molar-refractivity contribution in [1.29, 1.82) is 0 Å². The summed E-state index contributed by atoms with van der Waals surface area (Å²) in [5, 5.41) is 5.45. The molecule has 2 nitrogen and oxygen atoms in total. The van der Waals surface area contributed by atoms with Gasteiger partial charge in [0.2, 0.25) is 0 Å². The topological polar surface area (TPSA) is 38.9 Å². The van der Waals surface area contributed by atoms with Gasteiger partial charge >= 0.3 is 0 Å². The Morgan fingerprint density at radius 3 is 2.71 bits per heavy atom. The third-order valence-corrected chi connectivity index (χ3v) is 4.58. The van der Waals surface area contributed by atoms with Crippen LogP contribution < -0.4 is 5.73 Å². The zero-order chi connectivity index (χ0) is 12.5. The van der Waals surface area contributed by atoms with Crippen LogP contribution in [0.4, 0.5) is 0 Å². The molecule has 0 unspecified atom stereocenters. The molecule has 2 rings (SSSR count). The number of aryl methyl sites for hydroxylation is 2. The van der Waals surface area contributed by atoms with Crippen molar-refractivity contribution in [2.75, 3.05) is 0 Å². The first-order valence-electron chi connectivity index (χ1n) is 5.73. The molecule has 2 aromatic rings. The summed E-state index contributed by atoms with van der Waals surface area (Å²) in [5.41, 5.74) is 8.31. The van der Waals surface area contributed by atoms with Crippen LogP contribution in [0.3, 0.4) is 0 Å². The summed E-state index contributed by atoms with van der Waals surface area (Å²) < 4.78 is 0. The van der Waals surface area contributed by atoms with Crippen LogP contribution in [0.1, 0.15) is 30.8 Å². The maximum absolute atomic E-state index is 5.99. The van der Waals surface area contributed by atoms with Gasteiger partial charge in [0, 0.05) is 17.3 Å². The van der Waals surface area contributed by atoms with Crippen LogP contribution in [0.15, 0.2) is 16.8 Å². The second-order valence-electron chi connectivity index (χ2n) is 5.05. The average Bonchev–Trinajstić information content (AvgIpc) is 2.81. The molecule has 0 aliphatic carbocycles. The van der Waals surface area contributed by atoms with Crippen LogP contribution in [-0.2, 0) is 6.42 Å². The second-order valence-corrected chi connectivity index (χ2v) is 6.91. The van der Waals surface area contributed by atoms with Gasteiger partial charge < -0.3 is 5.73 Å². The smallest absolute Gasteiger partial charge is 0.0933 e. The molecule has 0 fully saturated rings. The molecule has 92 valence electrons. The van der Waals surface area contributed by atoms with Crippen molar-refractivity contribution in [2.24, 2.45) is 5.73 Å². The lowest BCUT2D eigenvalue weighted by molar-refractivity contribution is 0.476. The summed E-state index contributed by atoms with van der Waals surface area (Å²) >= 11 is 3.50. The standard InChI is InChI=1S/C13H18N2S2/c1-9-5-7-16-12(9)10-8-17-11(15-10)4-6-13(2,3)14/h5,7-8H,4,6,14H2,1-3H3. The van der Waals surface area contributed by atoms with Crippen LogP contribution in [0.5, 0.6) is 0 Å². The Balaban J connectivity index is 2.09. The second kappa shape index (κ2) is 4.88. The van der Waals surface area contributed by atoms with Crippen molar-refractivity contribution < 1.29 is 0 Å². The molecule has 2 aromatic heterocycles. The molecule has 0 aliphatic rings. The first kappa shape index (κ1) is 12.7.